The number of ether oxygens (including phenoxy) is 1. The van der Waals surface area contributed by atoms with Gasteiger partial charge in [-0.1, -0.05) is 24.0 Å². The summed E-state index contributed by atoms with van der Waals surface area (Å²) in [7, 11) is 0. The number of esters is 1. The van der Waals surface area contributed by atoms with E-state index in [2.05, 4.69) is 34.3 Å². The van der Waals surface area contributed by atoms with Gasteiger partial charge in [0.05, 0.1) is 19.1 Å². The number of likely N-dealkylation sites (tertiary alicyclic amines) is 2. The molecule has 4 atom stereocenters. The smallest absolute Gasteiger partial charge is 0.408 e. The predicted molar refractivity (Wildman–Crippen MR) is 151 cm³/mol. The van der Waals surface area contributed by atoms with E-state index in [9.17, 15) is 28.7 Å². The van der Waals surface area contributed by atoms with Gasteiger partial charge >= 0.3 is 12.1 Å². The number of carboxylic acid groups (broad SMARTS) is 1. The van der Waals surface area contributed by atoms with E-state index in [4.69, 9.17) is 4.74 Å². The SMILES string of the molecule is CC(C)(C)OC(=O)CN1C[C@H](NC(=O)[C@@H]2C[C@H](F)CN2C(=O)O)C[C@@H]1C(=O)NCc1ccc(C#CC#CC2CC2)cc1. The van der Waals surface area contributed by atoms with E-state index in [0.717, 1.165) is 28.9 Å². The van der Waals surface area contributed by atoms with Crippen LogP contribution in [0.4, 0.5) is 9.18 Å². The number of halogens is 1. The minimum atomic E-state index is -1.43. The molecule has 3 N–H and O–H groups in total. The van der Waals surface area contributed by atoms with Crippen LogP contribution in [0.3, 0.4) is 0 Å². The number of nitrogens with zero attached hydrogens (tertiary/aromatic N) is 2. The minimum Gasteiger partial charge on any atom is -0.465 e. The monoisotopic (exact) mass is 580 g/mol. The van der Waals surface area contributed by atoms with E-state index in [-0.39, 0.29) is 44.9 Å². The van der Waals surface area contributed by atoms with E-state index in [0.29, 0.717) is 5.92 Å². The van der Waals surface area contributed by atoms with E-state index >= 15 is 0 Å². The van der Waals surface area contributed by atoms with Crippen LogP contribution in [0.25, 0.3) is 0 Å². The number of nitrogens with one attached hydrogen (secondary N) is 2. The maximum Gasteiger partial charge on any atom is 0.408 e. The van der Waals surface area contributed by atoms with Crippen LogP contribution in [0, 0.1) is 29.6 Å². The van der Waals surface area contributed by atoms with Crippen LogP contribution in [-0.4, -0.2) is 88.3 Å². The zero-order valence-electron chi connectivity index (χ0n) is 24.1. The average Bonchev–Trinajstić information content (AvgIpc) is 3.52. The first kappa shape index (κ1) is 30.9. The van der Waals surface area contributed by atoms with Gasteiger partial charge in [0, 0.05) is 37.0 Å². The van der Waals surface area contributed by atoms with Gasteiger partial charge in [-0.25, -0.2) is 9.18 Å². The van der Waals surface area contributed by atoms with Crippen molar-refractivity contribution in [1.82, 2.24) is 20.4 Å². The first-order valence-electron chi connectivity index (χ1n) is 14.2. The summed E-state index contributed by atoms with van der Waals surface area (Å²) in [6.45, 7) is 5.11. The molecular formula is C31H37FN4O6. The average molecular weight is 581 g/mol. The van der Waals surface area contributed by atoms with Gasteiger partial charge in [0.25, 0.3) is 0 Å². The molecule has 10 nitrogen and oxygen atoms in total. The summed E-state index contributed by atoms with van der Waals surface area (Å²) in [6, 6.07) is 4.99. The lowest BCUT2D eigenvalue weighted by atomic mass is 10.1. The lowest BCUT2D eigenvalue weighted by molar-refractivity contribution is -0.156. The molecule has 42 heavy (non-hydrogen) atoms. The second kappa shape index (κ2) is 13.3. The van der Waals surface area contributed by atoms with Gasteiger partial charge < -0.3 is 20.5 Å². The number of amides is 3. The Bertz CT molecular complexity index is 1320. The standard InChI is InChI=1S/C31H37FN4O6/c1-31(2,3)42-27(37)19-35-18-24(34-29(39)26-14-23(32)17-36(26)30(40)41)15-25(35)28(38)33-16-22-12-10-21(11-13-22)7-5-4-6-20-8-9-20/h10-13,20,23-26H,8-9,14-19H2,1-3H3,(H,33,38)(H,34,39)(H,40,41)/t23-,24+,25+,26-/m0/s1. The summed E-state index contributed by atoms with van der Waals surface area (Å²) in [6.07, 6.45) is -0.532. The molecular weight excluding hydrogens is 543 g/mol. The van der Waals surface area contributed by atoms with Crippen molar-refractivity contribution in [2.75, 3.05) is 19.6 Å². The molecule has 1 aromatic carbocycles. The molecule has 2 aliphatic heterocycles. The van der Waals surface area contributed by atoms with Crippen molar-refractivity contribution in [3.63, 3.8) is 0 Å². The first-order valence-corrected chi connectivity index (χ1v) is 14.2. The van der Waals surface area contributed by atoms with E-state index < -0.39 is 47.9 Å². The molecule has 1 aromatic rings. The molecule has 0 radical (unpaired) electrons. The Kier molecular flexibility index (Phi) is 9.74. The van der Waals surface area contributed by atoms with Crippen molar-refractivity contribution >= 4 is 23.9 Å². The summed E-state index contributed by atoms with van der Waals surface area (Å²) in [5.41, 5.74) is 0.958. The molecule has 2 heterocycles. The Hall–Kier alpha value is -4.09. The lowest BCUT2D eigenvalue weighted by Gasteiger charge is -2.25. The third-order valence-corrected chi connectivity index (χ3v) is 7.15. The lowest BCUT2D eigenvalue weighted by Crippen LogP contribution is -2.49. The second-order valence-electron chi connectivity index (χ2n) is 12.0. The number of rotatable bonds is 7. The van der Waals surface area contributed by atoms with E-state index in [1.54, 1.807) is 25.7 Å². The molecule has 1 saturated carbocycles. The molecule has 0 aromatic heterocycles. The number of carbonyl (C=O) groups is 4. The van der Waals surface area contributed by atoms with Crippen LogP contribution in [0.15, 0.2) is 24.3 Å². The van der Waals surface area contributed by atoms with Crippen molar-refractivity contribution in [3.8, 4) is 23.7 Å². The Morgan fingerprint density at radius 2 is 1.74 bits per heavy atom. The van der Waals surface area contributed by atoms with E-state index in [1.165, 1.54) is 0 Å². The number of benzene rings is 1. The largest absolute Gasteiger partial charge is 0.465 e. The maximum absolute atomic E-state index is 13.9. The maximum atomic E-state index is 13.9. The molecule has 4 rings (SSSR count). The zero-order chi connectivity index (χ0) is 30.4. The molecule has 3 aliphatic rings. The fraction of sp³-hybridized carbons (Fsp3) is 0.548. The van der Waals surface area contributed by atoms with Gasteiger partial charge in [0.2, 0.25) is 11.8 Å². The molecule has 0 unspecified atom stereocenters. The van der Waals surface area contributed by atoms with Gasteiger partial charge in [0.1, 0.15) is 17.8 Å². The highest BCUT2D eigenvalue weighted by Gasteiger charge is 2.43. The molecule has 1 aliphatic carbocycles. The van der Waals surface area contributed by atoms with Crippen molar-refractivity contribution in [2.45, 2.75) is 82.9 Å². The predicted octanol–water partition coefficient (Wildman–Crippen LogP) is 2.06. The zero-order valence-corrected chi connectivity index (χ0v) is 24.1. The Morgan fingerprint density at radius 1 is 1.02 bits per heavy atom. The Morgan fingerprint density at radius 3 is 2.38 bits per heavy atom. The third-order valence-electron chi connectivity index (χ3n) is 7.15. The van der Waals surface area contributed by atoms with Gasteiger partial charge in [-0.3, -0.25) is 24.2 Å². The highest BCUT2D eigenvalue weighted by Crippen LogP contribution is 2.27. The molecule has 0 spiro atoms. The van der Waals surface area contributed by atoms with Crippen LogP contribution in [0.2, 0.25) is 0 Å². The van der Waals surface area contributed by atoms with Crippen LogP contribution < -0.4 is 10.6 Å². The summed E-state index contributed by atoms with van der Waals surface area (Å²) in [4.78, 5) is 52.7. The summed E-state index contributed by atoms with van der Waals surface area (Å²) < 4.78 is 19.3. The van der Waals surface area contributed by atoms with Gasteiger partial charge in [-0.05, 0) is 69.6 Å². The molecule has 0 bridgehead atoms. The molecule has 3 amide bonds. The van der Waals surface area contributed by atoms with Crippen LogP contribution in [0.5, 0.6) is 0 Å². The molecule has 2 saturated heterocycles. The van der Waals surface area contributed by atoms with Crippen molar-refractivity contribution in [1.29, 1.82) is 0 Å². The minimum absolute atomic E-state index is 0.166. The Balaban J connectivity index is 1.37. The number of hydrogen-bond donors (Lipinski definition) is 3. The fourth-order valence-electron chi connectivity index (χ4n) is 5.02. The summed E-state index contributed by atoms with van der Waals surface area (Å²) in [5.74, 6) is 10.9. The van der Waals surface area contributed by atoms with Crippen molar-refractivity contribution < 1.29 is 33.4 Å². The van der Waals surface area contributed by atoms with Gasteiger partial charge in [-0.15, -0.1) is 0 Å². The Labute approximate surface area is 245 Å². The highest BCUT2D eigenvalue weighted by atomic mass is 19.1. The van der Waals surface area contributed by atoms with Gasteiger partial charge in [0.15, 0.2) is 0 Å². The summed E-state index contributed by atoms with van der Waals surface area (Å²) >= 11 is 0. The second-order valence-corrected chi connectivity index (χ2v) is 12.0. The van der Waals surface area contributed by atoms with Crippen molar-refractivity contribution in [3.05, 3.63) is 35.4 Å². The van der Waals surface area contributed by atoms with E-state index in [1.807, 2.05) is 24.3 Å². The van der Waals surface area contributed by atoms with Crippen molar-refractivity contribution in [2.24, 2.45) is 5.92 Å². The molecule has 11 heteroatoms. The topological polar surface area (TPSA) is 128 Å². The van der Waals surface area contributed by atoms with Crippen LogP contribution in [0.1, 0.15) is 57.6 Å². The van der Waals surface area contributed by atoms with Gasteiger partial charge in [-0.2, -0.15) is 0 Å². The molecule has 3 fully saturated rings. The quantitative estimate of drug-likeness (QED) is 0.333. The third kappa shape index (κ3) is 8.95. The van der Waals surface area contributed by atoms with Crippen LogP contribution in [-0.2, 0) is 25.7 Å². The van der Waals surface area contributed by atoms with Crippen LogP contribution >= 0.6 is 0 Å². The normalized spacial score (nSPS) is 23.7. The number of alkyl halides is 1. The highest BCUT2D eigenvalue weighted by molar-refractivity contribution is 5.87. The fourth-order valence-corrected chi connectivity index (χ4v) is 5.02. The first-order chi connectivity index (χ1) is 19.9. The summed E-state index contributed by atoms with van der Waals surface area (Å²) in [5, 5.41) is 15.0. The molecule has 224 valence electrons. The number of hydrogen-bond acceptors (Lipinski definition) is 6. The number of carbonyl (C=O) groups excluding carboxylic acids is 3.